The van der Waals surface area contributed by atoms with Gasteiger partial charge in [-0.3, -0.25) is 4.98 Å². The second-order valence-electron chi connectivity index (χ2n) is 8.31. The molecular weight excluding hydrogens is 421 g/mol. The molecule has 0 radical (unpaired) electrons. The first-order valence-electron chi connectivity index (χ1n) is 11.7. The molecule has 0 amide bonds. The normalized spacial score (nSPS) is 11.1. The summed E-state index contributed by atoms with van der Waals surface area (Å²) >= 11 is 0. The zero-order chi connectivity index (χ0) is 23.8. The van der Waals surface area contributed by atoms with Crippen molar-refractivity contribution >= 4 is 6.08 Å². The molecule has 4 aromatic rings. The third-order valence-electron chi connectivity index (χ3n) is 5.82. The summed E-state index contributed by atoms with van der Waals surface area (Å²) in [6, 6.07) is 20.9. The smallest absolute Gasteiger partial charge is 0.123 e. The summed E-state index contributed by atoms with van der Waals surface area (Å²) < 4.78 is 13.6. The Morgan fingerprint density at radius 1 is 1.00 bits per heavy atom. The highest BCUT2D eigenvalue weighted by Crippen LogP contribution is 2.38. The number of pyridine rings is 1. The molecule has 0 aliphatic carbocycles. The summed E-state index contributed by atoms with van der Waals surface area (Å²) in [5, 5.41) is 3.39. The van der Waals surface area contributed by atoms with E-state index < -0.39 is 0 Å². The van der Waals surface area contributed by atoms with E-state index in [4.69, 9.17) is 0 Å². The van der Waals surface area contributed by atoms with Crippen LogP contribution in [-0.2, 0) is 13.0 Å². The SMILES string of the molecule is C=C(/C=C\c1c(CCCC)[nH]c(-c2ccc(F)cc2)c1-c1ccncc1)NCc1ccccc1. The molecular formula is C30H30FN3. The van der Waals surface area contributed by atoms with Crippen molar-refractivity contribution in [1.82, 2.24) is 15.3 Å². The predicted octanol–water partition coefficient (Wildman–Crippen LogP) is 7.54. The van der Waals surface area contributed by atoms with Crippen molar-refractivity contribution in [2.24, 2.45) is 0 Å². The summed E-state index contributed by atoms with van der Waals surface area (Å²) in [6.45, 7) is 7.11. The van der Waals surface area contributed by atoms with Gasteiger partial charge in [0.05, 0.1) is 5.69 Å². The van der Waals surface area contributed by atoms with Crippen LogP contribution in [0, 0.1) is 5.82 Å². The lowest BCUT2D eigenvalue weighted by Gasteiger charge is -2.08. The molecule has 4 heteroatoms. The lowest BCUT2D eigenvalue weighted by Crippen LogP contribution is -2.09. The Labute approximate surface area is 201 Å². The minimum absolute atomic E-state index is 0.243. The third kappa shape index (κ3) is 5.70. The molecule has 0 bridgehead atoms. The number of halogens is 1. The average molecular weight is 452 g/mol. The fraction of sp³-hybridized carbons (Fsp3) is 0.167. The zero-order valence-electron chi connectivity index (χ0n) is 19.5. The second kappa shape index (κ2) is 11.3. The van der Waals surface area contributed by atoms with E-state index in [1.807, 2.05) is 48.5 Å². The molecule has 2 aromatic heterocycles. The van der Waals surface area contributed by atoms with Crippen molar-refractivity contribution < 1.29 is 4.39 Å². The van der Waals surface area contributed by atoms with Crippen LogP contribution >= 0.6 is 0 Å². The molecule has 2 aromatic carbocycles. The van der Waals surface area contributed by atoms with Gasteiger partial charge in [0.15, 0.2) is 0 Å². The van der Waals surface area contributed by atoms with Crippen molar-refractivity contribution in [3.63, 3.8) is 0 Å². The maximum atomic E-state index is 13.6. The van der Waals surface area contributed by atoms with Crippen LogP contribution in [0.4, 0.5) is 4.39 Å². The van der Waals surface area contributed by atoms with Gasteiger partial charge in [-0.05, 0) is 72.0 Å². The lowest BCUT2D eigenvalue weighted by atomic mass is 9.96. The van der Waals surface area contributed by atoms with Gasteiger partial charge in [-0.25, -0.2) is 4.39 Å². The molecule has 3 nitrogen and oxygen atoms in total. The maximum Gasteiger partial charge on any atom is 0.123 e. The summed E-state index contributed by atoms with van der Waals surface area (Å²) in [6.07, 6.45) is 10.9. The molecule has 0 aliphatic rings. The molecule has 0 unspecified atom stereocenters. The number of rotatable bonds is 10. The van der Waals surface area contributed by atoms with E-state index in [-0.39, 0.29) is 5.82 Å². The first-order valence-corrected chi connectivity index (χ1v) is 11.7. The Hall–Kier alpha value is -3.92. The van der Waals surface area contributed by atoms with Gasteiger partial charge in [-0.1, -0.05) is 56.3 Å². The van der Waals surface area contributed by atoms with E-state index in [1.165, 1.54) is 23.4 Å². The molecule has 0 atom stereocenters. The van der Waals surface area contributed by atoms with E-state index in [9.17, 15) is 4.39 Å². The van der Waals surface area contributed by atoms with Crippen LogP contribution in [0.5, 0.6) is 0 Å². The van der Waals surface area contributed by atoms with Gasteiger partial charge in [0, 0.05) is 41.5 Å². The van der Waals surface area contributed by atoms with Gasteiger partial charge in [-0.2, -0.15) is 0 Å². The topological polar surface area (TPSA) is 40.7 Å². The number of allylic oxidation sites excluding steroid dienone is 1. The number of nitrogens with zero attached hydrogens (tertiary/aromatic N) is 1. The van der Waals surface area contributed by atoms with Crippen LogP contribution in [0.15, 0.2) is 97.5 Å². The minimum Gasteiger partial charge on any atom is -0.381 e. The molecule has 0 saturated heterocycles. The summed E-state index contributed by atoms with van der Waals surface area (Å²) in [5.41, 5.74) is 8.44. The fourth-order valence-corrected chi connectivity index (χ4v) is 4.01. The third-order valence-corrected chi connectivity index (χ3v) is 5.82. The highest BCUT2D eigenvalue weighted by molar-refractivity contribution is 5.89. The minimum atomic E-state index is -0.243. The average Bonchev–Trinajstić information content (AvgIpc) is 3.24. The summed E-state index contributed by atoms with van der Waals surface area (Å²) in [7, 11) is 0. The zero-order valence-corrected chi connectivity index (χ0v) is 19.5. The molecule has 172 valence electrons. The number of hydrogen-bond donors (Lipinski definition) is 2. The van der Waals surface area contributed by atoms with E-state index in [0.717, 1.165) is 59.5 Å². The monoisotopic (exact) mass is 451 g/mol. The van der Waals surface area contributed by atoms with Gasteiger partial charge in [0.1, 0.15) is 5.82 Å². The molecule has 2 N–H and O–H groups in total. The highest BCUT2D eigenvalue weighted by atomic mass is 19.1. The Bertz CT molecular complexity index is 1240. The first-order chi connectivity index (χ1) is 16.7. The van der Waals surface area contributed by atoms with Crippen molar-refractivity contribution in [3.8, 4) is 22.4 Å². The number of H-pyrrole nitrogens is 1. The van der Waals surface area contributed by atoms with E-state index in [0.29, 0.717) is 0 Å². The molecule has 0 aliphatic heterocycles. The van der Waals surface area contributed by atoms with Crippen molar-refractivity contribution in [2.75, 3.05) is 0 Å². The largest absolute Gasteiger partial charge is 0.381 e. The quantitative estimate of drug-likeness (QED) is 0.245. The number of benzene rings is 2. The Morgan fingerprint density at radius 3 is 2.44 bits per heavy atom. The van der Waals surface area contributed by atoms with Crippen LogP contribution < -0.4 is 5.32 Å². The molecule has 0 spiro atoms. The number of aromatic amines is 1. The number of nitrogens with one attached hydrogen (secondary N) is 2. The molecule has 4 rings (SSSR count). The Kier molecular flexibility index (Phi) is 7.71. The van der Waals surface area contributed by atoms with Crippen molar-refractivity contribution in [2.45, 2.75) is 32.7 Å². The van der Waals surface area contributed by atoms with E-state index >= 15 is 0 Å². The molecule has 0 fully saturated rings. The Morgan fingerprint density at radius 2 is 1.74 bits per heavy atom. The highest BCUT2D eigenvalue weighted by Gasteiger charge is 2.18. The van der Waals surface area contributed by atoms with Crippen molar-refractivity contribution in [1.29, 1.82) is 0 Å². The van der Waals surface area contributed by atoms with Crippen LogP contribution in [0.1, 0.15) is 36.6 Å². The second-order valence-corrected chi connectivity index (χ2v) is 8.31. The van der Waals surface area contributed by atoms with Gasteiger partial charge in [-0.15, -0.1) is 0 Å². The van der Waals surface area contributed by atoms with E-state index in [1.54, 1.807) is 12.4 Å². The standard InChI is InChI=1S/C30H30FN3/c1-3-4-10-28-27(16-11-22(2)33-21-23-8-6-5-7-9-23)29(24-17-19-32-20-18-24)30(34-28)25-12-14-26(31)15-13-25/h5-9,11-20,33-34H,2-4,10,21H2,1H3/b16-11-. The van der Waals surface area contributed by atoms with E-state index in [2.05, 4.69) is 47.0 Å². The summed E-state index contributed by atoms with van der Waals surface area (Å²) in [5.74, 6) is -0.243. The maximum absolute atomic E-state index is 13.6. The number of hydrogen-bond acceptors (Lipinski definition) is 2. The predicted molar refractivity (Wildman–Crippen MR) is 139 cm³/mol. The van der Waals surface area contributed by atoms with Gasteiger partial charge < -0.3 is 10.3 Å². The van der Waals surface area contributed by atoms with Gasteiger partial charge in [0.2, 0.25) is 0 Å². The number of unbranched alkanes of at least 4 members (excludes halogenated alkanes) is 1. The number of aryl methyl sites for hydroxylation is 1. The van der Waals surface area contributed by atoms with Gasteiger partial charge in [0.25, 0.3) is 0 Å². The van der Waals surface area contributed by atoms with Crippen LogP contribution in [0.3, 0.4) is 0 Å². The fourth-order valence-electron chi connectivity index (χ4n) is 4.01. The van der Waals surface area contributed by atoms with Crippen molar-refractivity contribution in [3.05, 3.63) is 120 Å². The molecule has 2 heterocycles. The Balaban J connectivity index is 1.72. The molecule has 0 saturated carbocycles. The lowest BCUT2D eigenvalue weighted by molar-refractivity contribution is 0.628. The first kappa shape index (κ1) is 23.2. The van der Waals surface area contributed by atoms with Crippen LogP contribution in [-0.4, -0.2) is 9.97 Å². The van der Waals surface area contributed by atoms with Crippen LogP contribution in [0.25, 0.3) is 28.5 Å². The van der Waals surface area contributed by atoms with Gasteiger partial charge >= 0.3 is 0 Å². The molecule has 34 heavy (non-hydrogen) atoms. The summed E-state index contributed by atoms with van der Waals surface area (Å²) in [4.78, 5) is 7.85. The van der Waals surface area contributed by atoms with Crippen LogP contribution in [0.2, 0.25) is 0 Å². The number of aromatic nitrogens is 2.